The van der Waals surface area contributed by atoms with Crippen LogP contribution in [0.15, 0.2) is 27.6 Å². The highest BCUT2D eigenvalue weighted by Crippen LogP contribution is 2.26. The molecule has 2 rings (SSSR count). The van der Waals surface area contributed by atoms with Crippen LogP contribution in [0.3, 0.4) is 0 Å². The van der Waals surface area contributed by atoms with Gasteiger partial charge in [-0.2, -0.15) is 0 Å². The monoisotopic (exact) mass is 347 g/mol. The molecule has 1 saturated carbocycles. The maximum Gasteiger partial charge on any atom is 0.241 e. The van der Waals surface area contributed by atoms with Crippen molar-refractivity contribution >= 4 is 26.0 Å². The molecule has 1 aliphatic rings. The molecule has 0 bridgehead atoms. The third-order valence-corrected chi connectivity index (χ3v) is 5.91. The highest BCUT2D eigenvalue weighted by Gasteiger charge is 2.29. The molecule has 6 heteroatoms. The molecule has 0 spiro atoms. The minimum atomic E-state index is -3.48. The number of nitrogens with one attached hydrogen (secondary N) is 1. The van der Waals surface area contributed by atoms with Crippen molar-refractivity contribution in [2.75, 3.05) is 7.11 Å². The first-order valence-corrected chi connectivity index (χ1v) is 8.51. The van der Waals surface area contributed by atoms with Gasteiger partial charge in [-0.3, -0.25) is 0 Å². The number of methoxy groups -OCH3 is 1. The molecule has 4 nitrogen and oxygen atoms in total. The van der Waals surface area contributed by atoms with Crippen molar-refractivity contribution in [2.24, 2.45) is 0 Å². The van der Waals surface area contributed by atoms with Crippen LogP contribution < -0.4 is 4.72 Å². The molecule has 0 saturated heterocycles. The van der Waals surface area contributed by atoms with Gasteiger partial charge < -0.3 is 4.74 Å². The molecular weight excluding hydrogens is 330 g/mol. The van der Waals surface area contributed by atoms with Crippen LogP contribution in [0.1, 0.15) is 24.8 Å². The van der Waals surface area contributed by atoms with Crippen molar-refractivity contribution in [3.63, 3.8) is 0 Å². The van der Waals surface area contributed by atoms with Crippen molar-refractivity contribution in [3.8, 4) is 0 Å². The number of aryl methyl sites for hydroxylation is 1. The van der Waals surface area contributed by atoms with Crippen LogP contribution in [0.4, 0.5) is 0 Å². The maximum absolute atomic E-state index is 12.3. The lowest BCUT2D eigenvalue weighted by atomic mass is 10.2. The smallest absolute Gasteiger partial charge is 0.241 e. The predicted octanol–water partition coefficient (Wildman–Crippen LogP) is 2.60. The Labute approximate surface area is 122 Å². The number of hydrogen-bond acceptors (Lipinski definition) is 3. The SMILES string of the molecule is COC1CCC(NS(=O)(=O)c2ccc(C)cc2Br)C1. The Morgan fingerprint density at radius 3 is 2.68 bits per heavy atom. The molecule has 0 aromatic heterocycles. The quantitative estimate of drug-likeness (QED) is 0.910. The number of halogens is 1. The van der Waals surface area contributed by atoms with E-state index in [1.54, 1.807) is 25.3 Å². The number of sulfonamides is 1. The van der Waals surface area contributed by atoms with E-state index >= 15 is 0 Å². The second-order valence-corrected chi connectivity index (χ2v) is 7.46. The largest absolute Gasteiger partial charge is 0.381 e. The zero-order chi connectivity index (χ0) is 14.0. The molecule has 0 heterocycles. The standard InChI is InChI=1S/C13H18BrNO3S/c1-9-3-6-13(12(14)7-9)19(16,17)15-10-4-5-11(8-10)18-2/h3,6-7,10-11,15H,4-5,8H2,1-2H3. The van der Waals surface area contributed by atoms with Gasteiger partial charge in [0, 0.05) is 17.6 Å². The highest BCUT2D eigenvalue weighted by molar-refractivity contribution is 9.10. The summed E-state index contributed by atoms with van der Waals surface area (Å²) in [7, 11) is -1.81. The van der Waals surface area contributed by atoms with Gasteiger partial charge in [0.25, 0.3) is 0 Å². The fourth-order valence-corrected chi connectivity index (χ4v) is 4.84. The summed E-state index contributed by atoms with van der Waals surface area (Å²) < 4.78 is 33.3. The summed E-state index contributed by atoms with van der Waals surface area (Å²) in [5.41, 5.74) is 1.02. The van der Waals surface area contributed by atoms with E-state index in [0.29, 0.717) is 9.37 Å². The van der Waals surface area contributed by atoms with Gasteiger partial charge in [-0.15, -0.1) is 0 Å². The van der Waals surface area contributed by atoms with Crippen molar-refractivity contribution in [1.29, 1.82) is 0 Å². The first-order valence-electron chi connectivity index (χ1n) is 6.23. The van der Waals surface area contributed by atoms with Gasteiger partial charge in [-0.25, -0.2) is 13.1 Å². The summed E-state index contributed by atoms with van der Waals surface area (Å²) in [4.78, 5) is 0.291. The van der Waals surface area contributed by atoms with Gasteiger partial charge in [-0.05, 0) is 59.8 Å². The number of benzene rings is 1. The number of rotatable bonds is 4. The van der Waals surface area contributed by atoms with Gasteiger partial charge in [0.2, 0.25) is 10.0 Å². The average Bonchev–Trinajstić information content (AvgIpc) is 2.75. The van der Waals surface area contributed by atoms with Crippen LogP contribution in [0.5, 0.6) is 0 Å². The minimum absolute atomic E-state index is 0.0387. The van der Waals surface area contributed by atoms with Gasteiger partial charge in [0.1, 0.15) is 0 Å². The van der Waals surface area contributed by atoms with Gasteiger partial charge in [0.05, 0.1) is 11.0 Å². The molecule has 106 valence electrons. The van der Waals surface area contributed by atoms with E-state index in [1.165, 1.54) is 0 Å². The Morgan fingerprint density at radius 1 is 1.37 bits per heavy atom. The summed E-state index contributed by atoms with van der Waals surface area (Å²) in [6, 6.07) is 5.19. The van der Waals surface area contributed by atoms with Crippen LogP contribution in [0.25, 0.3) is 0 Å². The molecule has 2 unspecified atom stereocenters. The molecule has 1 N–H and O–H groups in total. The Morgan fingerprint density at radius 2 is 2.11 bits per heavy atom. The van der Waals surface area contributed by atoms with Crippen LogP contribution >= 0.6 is 15.9 Å². The lowest BCUT2D eigenvalue weighted by Crippen LogP contribution is -2.33. The average molecular weight is 348 g/mol. The molecule has 1 aromatic rings. The molecule has 1 aromatic carbocycles. The normalized spacial score (nSPS) is 23.7. The van der Waals surface area contributed by atoms with E-state index in [0.717, 1.165) is 24.8 Å². The van der Waals surface area contributed by atoms with Gasteiger partial charge >= 0.3 is 0 Å². The topological polar surface area (TPSA) is 55.4 Å². The Balaban J connectivity index is 2.14. The zero-order valence-electron chi connectivity index (χ0n) is 11.0. The molecule has 0 radical (unpaired) electrons. The molecule has 1 aliphatic carbocycles. The summed E-state index contributed by atoms with van der Waals surface area (Å²) >= 11 is 3.31. The second kappa shape index (κ2) is 5.91. The molecule has 0 amide bonds. The lowest BCUT2D eigenvalue weighted by molar-refractivity contribution is 0.107. The van der Waals surface area contributed by atoms with Crippen LogP contribution in [0, 0.1) is 6.92 Å². The second-order valence-electron chi connectivity index (χ2n) is 4.92. The van der Waals surface area contributed by atoms with E-state index in [2.05, 4.69) is 20.7 Å². The fourth-order valence-electron chi connectivity index (χ4n) is 2.37. The van der Waals surface area contributed by atoms with Crippen LogP contribution in [-0.2, 0) is 14.8 Å². The number of ether oxygens (including phenoxy) is 1. The highest BCUT2D eigenvalue weighted by atomic mass is 79.9. The van der Waals surface area contributed by atoms with E-state index in [9.17, 15) is 8.42 Å². The summed E-state index contributed by atoms with van der Waals surface area (Å²) in [5.74, 6) is 0. The van der Waals surface area contributed by atoms with Crippen molar-refractivity contribution in [3.05, 3.63) is 28.2 Å². The van der Waals surface area contributed by atoms with Crippen LogP contribution in [-0.4, -0.2) is 27.7 Å². The summed E-state index contributed by atoms with van der Waals surface area (Å²) in [6.07, 6.45) is 2.62. The third kappa shape index (κ3) is 3.56. The predicted molar refractivity (Wildman–Crippen MR) is 77.6 cm³/mol. The van der Waals surface area contributed by atoms with E-state index < -0.39 is 10.0 Å². The number of hydrogen-bond donors (Lipinski definition) is 1. The minimum Gasteiger partial charge on any atom is -0.381 e. The fraction of sp³-hybridized carbons (Fsp3) is 0.538. The summed E-state index contributed by atoms with van der Waals surface area (Å²) in [6.45, 7) is 1.93. The Kier molecular flexibility index (Phi) is 4.66. The van der Waals surface area contributed by atoms with Gasteiger partial charge in [0.15, 0.2) is 0 Å². The Bertz CT molecular complexity index is 559. The molecule has 2 atom stereocenters. The molecule has 19 heavy (non-hydrogen) atoms. The molecule has 0 aliphatic heterocycles. The van der Waals surface area contributed by atoms with E-state index in [4.69, 9.17) is 4.74 Å². The Hall–Kier alpha value is -0.430. The molecular formula is C13H18BrNO3S. The van der Waals surface area contributed by atoms with Gasteiger partial charge in [-0.1, -0.05) is 6.07 Å². The first kappa shape index (κ1) is 15.0. The van der Waals surface area contributed by atoms with Crippen molar-refractivity contribution < 1.29 is 13.2 Å². The zero-order valence-corrected chi connectivity index (χ0v) is 13.4. The summed E-state index contributed by atoms with van der Waals surface area (Å²) in [5, 5.41) is 0. The maximum atomic E-state index is 12.3. The van der Waals surface area contributed by atoms with Crippen molar-refractivity contribution in [1.82, 2.24) is 4.72 Å². The first-order chi connectivity index (χ1) is 8.92. The van der Waals surface area contributed by atoms with E-state index in [1.807, 2.05) is 6.92 Å². The third-order valence-electron chi connectivity index (χ3n) is 3.42. The van der Waals surface area contributed by atoms with Crippen LogP contribution in [0.2, 0.25) is 0 Å². The lowest BCUT2D eigenvalue weighted by Gasteiger charge is -2.14. The molecule has 1 fully saturated rings. The van der Waals surface area contributed by atoms with E-state index in [-0.39, 0.29) is 12.1 Å². The van der Waals surface area contributed by atoms with Crippen molar-refractivity contribution in [2.45, 2.75) is 43.2 Å².